The average Bonchev–Trinajstić information content (AvgIpc) is 2.50. The Morgan fingerprint density at radius 2 is 1.65 bits per heavy atom. The van der Waals surface area contributed by atoms with Crippen LogP contribution in [0.4, 0.5) is 0 Å². The van der Waals surface area contributed by atoms with Crippen LogP contribution in [0.25, 0.3) is 0 Å². The van der Waals surface area contributed by atoms with Crippen LogP contribution in [0.5, 0.6) is 0 Å². The normalized spacial score (nSPS) is 26.0. The van der Waals surface area contributed by atoms with Gasteiger partial charge in [-0.1, -0.05) is 39.0 Å². The lowest BCUT2D eigenvalue weighted by Gasteiger charge is -2.46. The fraction of sp³-hybridized carbons (Fsp3) is 0.650. The van der Waals surface area contributed by atoms with Gasteiger partial charge in [0, 0.05) is 30.7 Å². The van der Waals surface area contributed by atoms with Crippen molar-refractivity contribution >= 4 is 5.91 Å². The van der Waals surface area contributed by atoms with E-state index in [1.165, 1.54) is 12.8 Å². The molecule has 0 aromatic heterocycles. The van der Waals surface area contributed by atoms with E-state index in [2.05, 4.69) is 26.1 Å². The molecule has 3 heteroatoms. The third kappa shape index (κ3) is 3.95. The number of benzene rings is 1. The fourth-order valence-electron chi connectivity index (χ4n) is 3.81. The zero-order valence-electron chi connectivity index (χ0n) is 14.7. The Labute approximate surface area is 140 Å². The summed E-state index contributed by atoms with van der Waals surface area (Å²) < 4.78 is 0. The Morgan fingerprint density at radius 3 is 2.22 bits per heavy atom. The summed E-state index contributed by atoms with van der Waals surface area (Å²) in [6.45, 7) is 8.80. The van der Waals surface area contributed by atoms with E-state index >= 15 is 0 Å². The number of hydrogen-bond acceptors (Lipinski definition) is 2. The van der Waals surface area contributed by atoms with Gasteiger partial charge in [-0.05, 0) is 49.1 Å². The van der Waals surface area contributed by atoms with Gasteiger partial charge in [0.25, 0.3) is 5.91 Å². The molecule has 0 unspecified atom stereocenters. The van der Waals surface area contributed by atoms with Crippen molar-refractivity contribution < 1.29 is 4.79 Å². The van der Waals surface area contributed by atoms with Gasteiger partial charge in [-0.25, -0.2) is 0 Å². The minimum absolute atomic E-state index is 0.181. The molecule has 1 aromatic carbocycles. The molecule has 2 aliphatic rings. The molecule has 1 aliphatic heterocycles. The Kier molecular flexibility index (Phi) is 4.77. The van der Waals surface area contributed by atoms with Crippen LogP contribution in [0.3, 0.4) is 0 Å². The Bertz CT molecular complexity index is 520. The molecule has 1 N–H and O–H groups in total. The lowest BCUT2D eigenvalue weighted by molar-refractivity contribution is 0.0642. The van der Waals surface area contributed by atoms with Crippen LogP contribution in [0.15, 0.2) is 30.3 Å². The molecule has 23 heavy (non-hydrogen) atoms. The second-order valence-corrected chi connectivity index (χ2v) is 8.33. The SMILES string of the molecule is CC(C)(C)C1CC(NC2CCN(C(=O)c3ccccc3)CC2)C1. The van der Waals surface area contributed by atoms with Crippen LogP contribution in [-0.4, -0.2) is 36.0 Å². The molecule has 2 fully saturated rings. The summed E-state index contributed by atoms with van der Waals surface area (Å²) in [7, 11) is 0. The third-order valence-electron chi connectivity index (χ3n) is 5.64. The van der Waals surface area contributed by atoms with Crippen molar-refractivity contribution in [3.63, 3.8) is 0 Å². The van der Waals surface area contributed by atoms with E-state index in [0.29, 0.717) is 17.5 Å². The maximum absolute atomic E-state index is 12.5. The Hall–Kier alpha value is -1.35. The largest absolute Gasteiger partial charge is 0.339 e. The van der Waals surface area contributed by atoms with Crippen LogP contribution in [0.2, 0.25) is 0 Å². The minimum atomic E-state index is 0.181. The summed E-state index contributed by atoms with van der Waals surface area (Å²) in [6, 6.07) is 10.9. The number of hydrogen-bond donors (Lipinski definition) is 1. The van der Waals surface area contributed by atoms with Crippen LogP contribution < -0.4 is 5.32 Å². The second kappa shape index (κ2) is 6.64. The van der Waals surface area contributed by atoms with Gasteiger partial charge in [0.2, 0.25) is 0 Å². The molecule has 126 valence electrons. The second-order valence-electron chi connectivity index (χ2n) is 8.33. The van der Waals surface area contributed by atoms with Crippen molar-refractivity contribution in [3.05, 3.63) is 35.9 Å². The highest BCUT2D eigenvalue weighted by molar-refractivity contribution is 5.94. The van der Waals surface area contributed by atoms with Gasteiger partial charge < -0.3 is 10.2 Å². The van der Waals surface area contributed by atoms with Crippen molar-refractivity contribution in [2.24, 2.45) is 11.3 Å². The van der Waals surface area contributed by atoms with Crippen LogP contribution in [0.1, 0.15) is 56.8 Å². The maximum atomic E-state index is 12.5. The number of carbonyl (C=O) groups is 1. The molecule has 0 bridgehead atoms. The van der Waals surface area contributed by atoms with Gasteiger partial charge in [-0.3, -0.25) is 4.79 Å². The highest BCUT2D eigenvalue weighted by atomic mass is 16.2. The van der Waals surface area contributed by atoms with Crippen molar-refractivity contribution in [1.29, 1.82) is 0 Å². The minimum Gasteiger partial charge on any atom is -0.339 e. The van der Waals surface area contributed by atoms with Gasteiger partial charge in [-0.2, -0.15) is 0 Å². The summed E-state index contributed by atoms with van der Waals surface area (Å²) >= 11 is 0. The Balaban J connectivity index is 1.42. The topological polar surface area (TPSA) is 32.3 Å². The van der Waals surface area contributed by atoms with E-state index in [-0.39, 0.29) is 5.91 Å². The van der Waals surface area contributed by atoms with Gasteiger partial charge in [0.05, 0.1) is 0 Å². The van der Waals surface area contributed by atoms with Crippen molar-refractivity contribution in [2.75, 3.05) is 13.1 Å². The van der Waals surface area contributed by atoms with E-state index in [9.17, 15) is 4.79 Å². The molecule has 1 amide bonds. The molecular weight excluding hydrogens is 284 g/mol. The highest BCUT2D eigenvalue weighted by Gasteiger charge is 2.38. The quantitative estimate of drug-likeness (QED) is 0.922. The molecule has 3 nitrogen and oxygen atoms in total. The van der Waals surface area contributed by atoms with E-state index in [1.54, 1.807) is 0 Å². The molecular formula is C20H30N2O. The molecule has 1 aliphatic carbocycles. The van der Waals surface area contributed by atoms with Crippen LogP contribution in [0, 0.1) is 11.3 Å². The number of nitrogens with zero attached hydrogens (tertiary/aromatic N) is 1. The number of likely N-dealkylation sites (tertiary alicyclic amines) is 1. The highest BCUT2D eigenvalue weighted by Crippen LogP contribution is 2.41. The summed E-state index contributed by atoms with van der Waals surface area (Å²) in [5.74, 6) is 1.04. The zero-order chi connectivity index (χ0) is 16.4. The fourth-order valence-corrected chi connectivity index (χ4v) is 3.81. The molecule has 0 radical (unpaired) electrons. The molecule has 0 spiro atoms. The number of nitrogens with one attached hydrogen (secondary N) is 1. The lowest BCUT2D eigenvalue weighted by Crippen LogP contribution is -2.53. The molecule has 1 saturated carbocycles. The first-order chi connectivity index (χ1) is 10.9. The van der Waals surface area contributed by atoms with Crippen LogP contribution >= 0.6 is 0 Å². The van der Waals surface area contributed by atoms with E-state index in [0.717, 1.165) is 37.4 Å². The number of rotatable bonds is 3. The first kappa shape index (κ1) is 16.5. The van der Waals surface area contributed by atoms with Crippen molar-refractivity contribution in [3.8, 4) is 0 Å². The van der Waals surface area contributed by atoms with Gasteiger partial charge in [0.1, 0.15) is 0 Å². The first-order valence-electron chi connectivity index (χ1n) is 9.04. The molecule has 1 saturated heterocycles. The lowest BCUT2D eigenvalue weighted by atomic mass is 9.66. The van der Waals surface area contributed by atoms with E-state index in [1.807, 2.05) is 35.2 Å². The predicted octanol–water partition coefficient (Wildman–Crippen LogP) is 3.71. The molecule has 1 heterocycles. The van der Waals surface area contributed by atoms with E-state index in [4.69, 9.17) is 0 Å². The Morgan fingerprint density at radius 1 is 1.04 bits per heavy atom. The number of piperidine rings is 1. The van der Waals surface area contributed by atoms with Crippen molar-refractivity contribution in [2.45, 2.75) is 58.5 Å². The van der Waals surface area contributed by atoms with Gasteiger partial charge in [0.15, 0.2) is 0 Å². The molecule has 1 aromatic rings. The van der Waals surface area contributed by atoms with E-state index < -0.39 is 0 Å². The molecule has 3 rings (SSSR count). The third-order valence-corrected chi connectivity index (χ3v) is 5.64. The summed E-state index contributed by atoms with van der Waals surface area (Å²) in [5.41, 5.74) is 1.26. The predicted molar refractivity (Wildman–Crippen MR) is 94.5 cm³/mol. The van der Waals surface area contributed by atoms with Gasteiger partial charge >= 0.3 is 0 Å². The summed E-state index contributed by atoms with van der Waals surface area (Å²) in [6.07, 6.45) is 4.78. The van der Waals surface area contributed by atoms with Crippen molar-refractivity contribution in [1.82, 2.24) is 10.2 Å². The van der Waals surface area contributed by atoms with Crippen LogP contribution in [-0.2, 0) is 0 Å². The average molecular weight is 314 g/mol. The summed E-state index contributed by atoms with van der Waals surface area (Å²) in [5, 5.41) is 3.82. The molecule has 0 atom stereocenters. The monoisotopic (exact) mass is 314 g/mol. The van der Waals surface area contributed by atoms with Gasteiger partial charge in [-0.15, -0.1) is 0 Å². The first-order valence-corrected chi connectivity index (χ1v) is 9.04. The maximum Gasteiger partial charge on any atom is 0.253 e. The smallest absolute Gasteiger partial charge is 0.253 e. The standard InChI is InChI=1S/C20H30N2O/c1-20(2,3)16-13-18(14-16)21-17-9-11-22(12-10-17)19(23)15-7-5-4-6-8-15/h4-8,16-18,21H,9-14H2,1-3H3. The summed E-state index contributed by atoms with van der Waals surface area (Å²) in [4.78, 5) is 14.5. The number of carbonyl (C=O) groups excluding carboxylic acids is 1. The number of amides is 1. The zero-order valence-corrected chi connectivity index (χ0v) is 14.7.